The van der Waals surface area contributed by atoms with Gasteiger partial charge in [0.1, 0.15) is 36.6 Å². The summed E-state index contributed by atoms with van der Waals surface area (Å²) in [6, 6.07) is 0. The maximum atomic E-state index is 12.1. The maximum Gasteiger partial charge on any atom is 0.274 e. The minimum Gasteiger partial charge on any atom is -0.756 e. The molecule has 18 nitrogen and oxygen atoms in total. The van der Waals surface area contributed by atoms with Crippen LogP contribution in [0.25, 0.3) is 11.2 Å². The Morgan fingerprint density at radius 1 is 1.03 bits per heavy atom. The van der Waals surface area contributed by atoms with Crippen LogP contribution in [0, 0.1) is 0 Å². The van der Waals surface area contributed by atoms with E-state index in [0.717, 1.165) is 10.9 Å². The van der Waals surface area contributed by atoms with Crippen LogP contribution in [-0.2, 0) is 32.0 Å². The van der Waals surface area contributed by atoms with E-state index in [4.69, 9.17) is 15.2 Å². The molecule has 200 valence electrons. The summed E-state index contributed by atoms with van der Waals surface area (Å²) in [6.45, 7) is -1.88. The van der Waals surface area contributed by atoms with Gasteiger partial charge < -0.3 is 54.5 Å². The zero-order chi connectivity index (χ0) is 26.2. The number of phosphoric acid groups is 2. The van der Waals surface area contributed by atoms with Gasteiger partial charge in [0.2, 0.25) is 18.2 Å². The minimum absolute atomic E-state index is 0.0435. The first-order valence-electron chi connectivity index (χ1n) is 10.2. The fourth-order valence-electron chi connectivity index (χ4n) is 4.10. The first-order valence-corrected chi connectivity index (χ1v) is 13.9. The molecular formula is C15H19BrN5O13P2-. The molecule has 0 spiro atoms. The van der Waals surface area contributed by atoms with Gasteiger partial charge in [-0.1, -0.05) is 4.98 Å². The molecule has 0 saturated carbocycles. The number of rotatable bonds is 0. The zero-order valence-electron chi connectivity index (χ0n) is 17.7. The van der Waals surface area contributed by atoms with Crippen LogP contribution >= 0.6 is 31.6 Å². The van der Waals surface area contributed by atoms with Crippen molar-refractivity contribution in [2.24, 2.45) is 0 Å². The molecule has 0 aliphatic carbocycles. The Bertz CT molecular complexity index is 1280. The third-order valence-electron chi connectivity index (χ3n) is 5.86. The van der Waals surface area contributed by atoms with E-state index in [9.17, 15) is 39.3 Å². The van der Waals surface area contributed by atoms with Crippen molar-refractivity contribution >= 4 is 48.6 Å². The maximum absolute atomic E-state index is 12.1. The molecule has 2 fully saturated rings. The Morgan fingerprint density at radius 3 is 2.25 bits per heavy atom. The van der Waals surface area contributed by atoms with Gasteiger partial charge in [-0.3, -0.25) is 13.7 Å². The molecule has 0 radical (unpaired) electrons. The van der Waals surface area contributed by atoms with Gasteiger partial charge in [0.05, 0.1) is 13.2 Å². The molecule has 2 aromatic rings. The summed E-state index contributed by atoms with van der Waals surface area (Å²) in [7, 11) is -11.1. The van der Waals surface area contributed by atoms with Crippen LogP contribution in [0.1, 0.15) is 12.5 Å². The second kappa shape index (κ2) is 9.25. The molecule has 8 bridgehead atoms. The molecule has 6 N–H and O–H groups in total. The molecule has 2 saturated heterocycles. The van der Waals surface area contributed by atoms with Crippen LogP contribution in [0.4, 0.5) is 5.82 Å². The van der Waals surface area contributed by atoms with Gasteiger partial charge in [0.25, 0.3) is 21.5 Å². The number of nitrogen functional groups attached to an aromatic ring is 1. The number of aliphatic hydroxyl groups is 4. The van der Waals surface area contributed by atoms with Gasteiger partial charge in [-0.2, -0.15) is 0 Å². The summed E-state index contributed by atoms with van der Waals surface area (Å²) in [4.78, 5) is 32.6. The second-order valence-corrected chi connectivity index (χ2v) is 11.8. The van der Waals surface area contributed by atoms with Gasteiger partial charge in [0.15, 0.2) is 16.5 Å². The van der Waals surface area contributed by atoms with E-state index < -0.39 is 77.9 Å². The van der Waals surface area contributed by atoms with E-state index in [2.05, 4.69) is 39.3 Å². The van der Waals surface area contributed by atoms with Gasteiger partial charge in [-0.05, 0) is 15.9 Å². The van der Waals surface area contributed by atoms with Crippen molar-refractivity contribution in [1.29, 1.82) is 0 Å². The number of imidazole rings is 1. The van der Waals surface area contributed by atoms with Crippen LogP contribution in [0.3, 0.4) is 0 Å². The predicted molar refractivity (Wildman–Crippen MR) is 110 cm³/mol. The standard InChI is InChI=1S/C15H20BrN5O13P2/c16-15-19-6-11(17)20-3-18-12(6)21(15)14-10(25)8(23)5(33-14)2-31-36(28,29)34-35(26,27)30-1-4-7(22)9(24)13(20)32-4/h3-5,7-10,13-14,17,22-25H,1-2H2,(H2,26,27,28,29)/p-1/t4-,5-,7-,8-,9-,10-,13-,14-/m1/s1. The van der Waals surface area contributed by atoms with Gasteiger partial charge in [-0.25, -0.2) is 13.9 Å². The van der Waals surface area contributed by atoms with Crippen molar-refractivity contribution < 1.29 is 66.7 Å². The van der Waals surface area contributed by atoms with Crippen LogP contribution in [-0.4, -0.2) is 84.8 Å². The first kappa shape index (κ1) is 26.5. The van der Waals surface area contributed by atoms with Crippen LogP contribution < -0.4 is 20.1 Å². The van der Waals surface area contributed by atoms with Crippen LogP contribution in [0.15, 0.2) is 11.1 Å². The molecule has 36 heavy (non-hydrogen) atoms. The summed E-state index contributed by atoms with van der Waals surface area (Å²) in [5.41, 5.74) is 6.33. The fourth-order valence-corrected chi connectivity index (χ4v) is 6.66. The lowest BCUT2D eigenvalue weighted by Gasteiger charge is -2.32. The highest BCUT2D eigenvalue weighted by Gasteiger charge is 2.49. The van der Waals surface area contributed by atoms with Crippen molar-refractivity contribution in [1.82, 2.24) is 14.5 Å². The monoisotopic (exact) mass is 618 g/mol. The summed E-state index contributed by atoms with van der Waals surface area (Å²) in [5.74, 6) is -0.101. The number of anilines is 1. The predicted octanol–water partition coefficient (Wildman–Crippen LogP) is -3.70. The van der Waals surface area contributed by atoms with Gasteiger partial charge in [-0.15, -0.1) is 0 Å². The normalized spacial score (nSPS) is 43.8. The smallest absolute Gasteiger partial charge is 0.274 e. The Morgan fingerprint density at radius 2 is 1.61 bits per heavy atom. The van der Waals surface area contributed by atoms with Crippen molar-refractivity contribution in [3.05, 3.63) is 11.1 Å². The molecule has 10 atom stereocenters. The first-order chi connectivity index (χ1) is 16.8. The largest absolute Gasteiger partial charge is 0.756 e. The van der Waals surface area contributed by atoms with Crippen molar-refractivity contribution in [2.75, 3.05) is 18.9 Å². The molecular weight excluding hydrogens is 600 g/mol. The molecule has 6 rings (SSSR count). The Labute approximate surface area is 209 Å². The summed E-state index contributed by atoms with van der Waals surface area (Å²) >= 11 is 3.20. The number of phosphoric ester groups is 2. The van der Waals surface area contributed by atoms with E-state index in [1.165, 1.54) is 4.57 Å². The number of aromatic nitrogens is 4. The molecule has 4 aliphatic rings. The minimum atomic E-state index is -5.57. The average Bonchev–Trinajstić information content (AvgIpc) is 3.37. The highest BCUT2D eigenvalue weighted by molar-refractivity contribution is 9.10. The van der Waals surface area contributed by atoms with E-state index in [0.29, 0.717) is 0 Å². The second-order valence-electron chi connectivity index (χ2n) is 8.12. The number of aliphatic hydroxyl groups excluding tert-OH is 4. The fraction of sp³-hybridized carbons (Fsp3) is 0.667. The number of hydrogen-bond acceptors (Lipinski definition) is 16. The summed E-state index contributed by atoms with van der Waals surface area (Å²) in [5, 5.41) is 41.8. The number of ether oxygens (including phenoxy) is 2. The van der Waals surface area contributed by atoms with Crippen molar-refractivity contribution in [2.45, 2.75) is 49.1 Å². The third kappa shape index (κ3) is 4.52. The van der Waals surface area contributed by atoms with Gasteiger partial charge >= 0.3 is 0 Å². The molecule has 4 aliphatic heterocycles. The number of halogens is 1. The number of hydrogen-bond donors (Lipinski definition) is 5. The SMILES string of the molecule is Nc1c2nc(Br)n3c2nc[n+]1[C@@H]1O[C@H](COP(=O)([O-])OP(=O)([O-])OC[C@H]2O[C@@H]3[C@H](O)[C@@H]2O)[C@@H](O)[C@H]1O. The van der Waals surface area contributed by atoms with E-state index in [1.807, 2.05) is 0 Å². The lowest BCUT2D eigenvalue weighted by Crippen LogP contribution is -2.48. The molecule has 21 heteroatoms. The zero-order valence-corrected chi connectivity index (χ0v) is 21.1. The number of fused-ring (bicyclic) bond motifs is 7. The highest BCUT2D eigenvalue weighted by atomic mass is 79.9. The summed E-state index contributed by atoms with van der Waals surface area (Å²) < 4.78 is 50.6. The average molecular weight is 619 g/mol. The van der Waals surface area contributed by atoms with Crippen LogP contribution in [0.2, 0.25) is 0 Å². The van der Waals surface area contributed by atoms with E-state index in [1.54, 1.807) is 0 Å². The van der Waals surface area contributed by atoms with Gasteiger partial charge in [0, 0.05) is 0 Å². The number of nitrogens with zero attached hydrogens (tertiary/aromatic N) is 4. The molecule has 6 heterocycles. The van der Waals surface area contributed by atoms with Crippen molar-refractivity contribution in [3.63, 3.8) is 0 Å². The highest BCUT2D eigenvalue weighted by Crippen LogP contribution is 2.56. The third-order valence-corrected chi connectivity index (χ3v) is 8.95. The Kier molecular flexibility index (Phi) is 6.80. The Hall–Kier alpha value is -1.15. The molecule has 0 amide bonds. The quantitative estimate of drug-likeness (QED) is 0.108. The molecule has 0 aromatic carbocycles. The van der Waals surface area contributed by atoms with E-state index in [-0.39, 0.29) is 21.7 Å². The summed E-state index contributed by atoms with van der Waals surface area (Å²) in [6.07, 6.45) is -11.2. The van der Waals surface area contributed by atoms with Crippen LogP contribution in [0.5, 0.6) is 0 Å². The topological polar surface area (TPSA) is 268 Å². The lowest BCUT2D eigenvalue weighted by molar-refractivity contribution is -0.755. The van der Waals surface area contributed by atoms with E-state index >= 15 is 0 Å². The molecule has 2 unspecified atom stereocenters. The lowest BCUT2D eigenvalue weighted by atomic mass is 10.1. The van der Waals surface area contributed by atoms with Crippen molar-refractivity contribution in [3.8, 4) is 0 Å². The number of nitrogens with two attached hydrogens (primary N) is 1. The molecule has 2 aromatic heterocycles. The Balaban J connectivity index is 1.60.